The number of carbonyl (C=O) groups excluding carboxylic acids is 1. The van der Waals surface area contributed by atoms with Crippen LogP contribution >= 0.6 is 15.9 Å². The standard InChI is InChI=1S/C8H6BrOSi/c1-5(10)6-2-7(9)4-8(11)3-6/h2-4H,1H3. The molecule has 3 heteroatoms. The number of Topliss-reactive ketones (excluding diaryl/α,β-unsaturated/α-hetero) is 1. The van der Waals surface area contributed by atoms with Crippen LogP contribution in [0.4, 0.5) is 0 Å². The third kappa shape index (κ3) is 2.27. The van der Waals surface area contributed by atoms with Crippen molar-refractivity contribution in [3.8, 4) is 0 Å². The monoisotopic (exact) mass is 225 g/mol. The summed E-state index contributed by atoms with van der Waals surface area (Å²) in [5.74, 6) is 0.0748. The molecule has 1 nitrogen and oxygen atoms in total. The van der Waals surface area contributed by atoms with Gasteiger partial charge >= 0.3 is 0 Å². The predicted molar refractivity (Wildman–Crippen MR) is 49.5 cm³/mol. The molecule has 1 aromatic rings. The van der Waals surface area contributed by atoms with Crippen LogP contribution in [-0.4, -0.2) is 16.0 Å². The molecule has 1 rings (SSSR count). The van der Waals surface area contributed by atoms with Crippen molar-refractivity contribution in [3.05, 3.63) is 28.2 Å². The van der Waals surface area contributed by atoms with Gasteiger partial charge in [-0.1, -0.05) is 27.2 Å². The smallest absolute Gasteiger partial charge is 0.159 e. The number of benzene rings is 1. The van der Waals surface area contributed by atoms with Gasteiger partial charge in [-0.25, -0.2) is 0 Å². The zero-order valence-electron chi connectivity index (χ0n) is 6.02. The van der Waals surface area contributed by atoms with Crippen LogP contribution in [-0.2, 0) is 0 Å². The summed E-state index contributed by atoms with van der Waals surface area (Å²) >= 11 is 3.30. The van der Waals surface area contributed by atoms with Crippen LogP contribution in [0.25, 0.3) is 0 Å². The molecule has 0 bridgehead atoms. The van der Waals surface area contributed by atoms with Gasteiger partial charge in [0, 0.05) is 10.0 Å². The summed E-state index contributed by atoms with van der Waals surface area (Å²) in [5, 5.41) is 0.907. The molecule has 11 heavy (non-hydrogen) atoms. The average molecular weight is 226 g/mol. The number of rotatable bonds is 1. The van der Waals surface area contributed by atoms with Crippen LogP contribution in [0.3, 0.4) is 0 Å². The maximum atomic E-state index is 10.9. The Morgan fingerprint density at radius 1 is 1.45 bits per heavy atom. The molecule has 1 aromatic carbocycles. The van der Waals surface area contributed by atoms with Crippen molar-refractivity contribution < 1.29 is 4.79 Å². The molecule has 0 aliphatic rings. The zero-order valence-corrected chi connectivity index (χ0v) is 8.60. The Hall–Kier alpha value is -0.413. The topological polar surface area (TPSA) is 17.1 Å². The van der Waals surface area contributed by atoms with Gasteiger partial charge in [-0.3, -0.25) is 4.79 Å². The average Bonchev–Trinajstić information content (AvgIpc) is 1.85. The summed E-state index contributed by atoms with van der Waals surface area (Å²) in [4.78, 5) is 10.9. The van der Waals surface area contributed by atoms with E-state index in [0.29, 0.717) is 5.56 Å². The summed E-state index contributed by atoms with van der Waals surface area (Å²) in [7, 11) is 3.35. The largest absolute Gasteiger partial charge is 0.295 e. The van der Waals surface area contributed by atoms with Crippen molar-refractivity contribution in [2.24, 2.45) is 0 Å². The molecule has 0 heterocycles. The fourth-order valence-corrected chi connectivity index (χ4v) is 1.81. The lowest BCUT2D eigenvalue weighted by Gasteiger charge is -1.98. The van der Waals surface area contributed by atoms with E-state index in [0.717, 1.165) is 9.66 Å². The van der Waals surface area contributed by atoms with Crippen molar-refractivity contribution in [1.29, 1.82) is 0 Å². The second-order valence-corrected chi connectivity index (χ2v) is 3.78. The molecule has 0 N–H and O–H groups in total. The van der Waals surface area contributed by atoms with E-state index in [9.17, 15) is 4.79 Å². The molecule has 0 amide bonds. The zero-order chi connectivity index (χ0) is 8.43. The Labute approximate surface area is 77.4 Å². The number of carbonyl (C=O) groups is 1. The van der Waals surface area contributed by atoms with E-state index in [2.05, 4.69) is 26.2 Å². The predicted octanol–water partition coefficient (Wildman–Crippen LogP) is 1.45. The van der Waals surface area contributed by atoms with Crippen LogP contribution in [0.2, 0.25) is 0 Å². The Balaban J connectivity index is 3.19. The van der Waals surface area contributed by atoms with Gasteiger partial charge < -0.3 is 0 Å². The Kier molecular flexibility index (Phi) is 2.62. The van der Waals surface area contributed by atoms with Crippen LogP contribution < -0.4 is 5.19 Å². The highest BCUT2D eigenvalue weighted by atomic mass is 79.9. The molecule has 0 aliphatic carbocycles. The van der Waals surface area contributed by atoms with E-state index in [1.165, 1.54) is 0 Å². The van der Waals surface area contributed by atoms with Crippen molar-refractivity contribution in [2.45, 2.75) is 6.92 Å². The maximum absolute atomic E-state index is 10.9. The quantitative estimate of drug-likeness (QED) is 0.523. The second kappa shape index (κ2) is 3.32. The molecule has 0 saturated heterocycles. The first-order valence-corrected chi connectivity index (χ1v) is 4.42. The molecule has 55 valence electrons. The third-order valence-electron chi connectivity index (χ3n) is 1.30. The third-order valence-corrected chi connectivity index (χ3v) is 2.05. The summed E-state index contributed by atoms with van der Waals surface area (Å²) in [6.07, 6.45) is 0. The van der Waals surface area contributed by atoms with Crippen LogP contribution in [0, 0.1) is 0 Å². The van der Waals surface area contributed by atoms with Gasteiger partial charge in [-0.2, -0.15) is 0 Å². The second-order valence-electron chi connectivity index (χ2n) is 2.28. The summed E-state index contributed by atoms with van der Waals surface area (Å²) in [6, 6.07) is 5.49. The fourth-order valence-electron chi connectivity index (χ4n) is 0.793. The fraction of sp³-hybridized carbons (Fsp3) is 0.125. The highest BCUT2D eigenvalue weighted by Gasteiger charge is 1.99. The molecule has 3 radical (unpaired) electrons. The first-order valence-electron chi connectivity index (χ1n) is 3.13. The molecule has 0 aromatic heterocycles. The molecular weight excluding hydrogens is 220 g/mol. The summed E-state index contributed by atoms with van der Waals surface area (Å²) in [6.45, 7) is 1.55. The van der Waals surface area contributed by atoms with Crippen molar-refractivity contribution in [1.82, 2.24) is 0 Å². The van der Waals surface area contributed by atoms with Crippen LogP contribution in [0.1, 0.15) is 17.3 Å². The molecular formula is C8H6BrOSi. The van der Waals surface area contributed by atoms with Gasteiger partial charge in [0.15, 0.2) is 5.78 Å². The lowest BCUT2D eigenvalue weighted by Crippen LogP contribution is -2.05. The highest BCUT2D eigenvalue weighted by Crippen LogP contribution is 2.09. The lowest BCUT2D eigenvalue weighted by atomic mass is 10.1. The molecule has 0 aliphatic heterocycles. The minimum atomic E-state index is 0.0748. The minimum absolute atomic E-state index is 0.0748. The van der Waals surface area contributed by atoms with Crippen molar-refractivity contribution in [3.63, 3.8) is 0 Å². The van der Waals surface area contributed by atoms with Gasteiger partial charge in [0.2, 0.25) is 0 Å². The van der Waals surface area contributed by atoms with Gasteiger partial charge in [-0.15, -0.1) is 0 Å². The van der Waals surface area contributed by atoms with E-state index in [4.69, 9.17) is 0 Å². The number of hydrogen-bond donors (Lipinski definition) is 0. The van der Waals surface area contributed by atoms with Crippen LogP contribution in [0.15, 0.2) is 22.7 Å². The first kappa shape index (κ1) is 8.68. The van der Waals surface area contributed by atoms with Gasteiger partial charge in [0.25, 0.3) is 0 Å². The van der Waals surface area contributed by atoms with Crippen molar-refractivity contribution in [2.75, 3.05) is 0 Å². The maximum Gasteiger partial charge on any atom is 0.159 e. The lowest BCUT2D eigenvalue weighted by molar-refractivity contribution is 0.101. The SMILES string of the molecule is CC(=O)c1cc([Si])cc(Br)c1. The molecule has 0 unspecified atom stereocenters. The molecule has 0 atom stereocenters. The molecule has 0 fully saturated rings. The number of halogens is 1. The van der Waals surface area contributed by atoms with Gasteiger partial charge in [0.1, 0.15) is 0 Å². The van der Waals surface area contributed by atoms with E-state index in [1.807, 2.05) is 6.07 Å². The summed E-state index contributed by atoms with van der Waals surface area (Å²) < 4.78 is 0.912. The van der Waals surface area contributed by atoms with Gasteiger partial charge in [-0.05, 0) is 19.1 Å². The van der Waals surface area contributed by atoms with Gasteiger partial charge in [0.05, 0.1) is 10.2 Å². The van der Waals surface area contributed by atoms with E-state index in [1.54, 1.807) is 19.1 Å². The number of hydrogen-bond acceptors (Lipinski definition) is 1. The summed E-state index contributed by atoms with van der Waals surface area (Å²) in [5.41, 5.74) is 0.712. The Bertz CT molecular complexity index is 276. The molecule has 0 saturated carbocycles. The molecule has 0 spiro atoms. The Morgan fingerprint density at radius 2 is 2.09 bits per heavy atom. The van der Waals surface area contributed by atoms with Crippen LogP contribution in [0.5, 0.6) is 0 Å². The first-order chi connectivity index (χ1) is 5.09. The Morgan fingerprint density at radius 3 is 2.55 bits per heavy atom. The van der Waals surface area contributed by atoms with E-state index in [-0.39, 0.29) is 5.78 Å². The normalized spacial score (nSPS) is 9.73. The van der Waals surface area contributed by atoms with Crippen molar-refractivity contribution >= 4 is 37.1 Å². The van der Waals surface area contributed by atoms with E-state index < -0.39 is 0 Å². The highest BCUT2D eigenvalue weighted by molar-refractivity contribution is 9.10. The number of ketones is 1. The van der Waals surface area contributed by atoms with E-state index >= 15 is 0 Å². The minimum Gasteiger partial charge on any atom is -0.295 e.